The van der Waals surface area contributed by atoms with E-state index in [0.717, 1.165) is 11.4 Å². The smallest absolute Gasteiger partial charge is 0.291 e. The lowest BCUT2D eigenvalue weighted by Crippen LogP contribution is -2.23. The molecular weight excluding hydrogens is 332 g/mol. The maximum atomic E-state index is 12.4. The van der Waals surface area contributed by atoms with Gasteiger partial charge in [-0.3, -0.25) is 19.7 Å². The third-order valence-corrected chi connectivity index (χ3v) is 3.84. The topological polar surface area (TPSA) is 117 Å². The number of aromatic amines is 2. The molecule has 0 radical (unpaired) electrons. The molecule has 2 N–H and O–H groups in total. The molecule has 0 atom stereocenters. The zero-order chi connectivity index (χ0) is 18.3. The molecule has 0 aliphatic heterocycles. The van der Waals surface area contributed by atoms with Crippen molar-refractivity contribution in [3.63, 3.8) is 0 Å². The van der Waals surface area contributed by atoms with E-state index in [1.807, 2.05) is 38.1 Å². The van der Waals surface area contributed by atoms with Gasteiger partial charge in [0, 0.05) is 11.4 Å². The molecule has 4 heterocycles. The van der Waals surface area contributed by atoms with Crippen LogP contribution in [0.4, 0.5) is 0 Å². The minimum absolute atomic E-state index is 0.144. The van der Waals surface area contributed by atoms with Crippen LogP contribution in [0.15, 0.2) is 46.0 Å². The van der Waals surface area contributed by atoms with Crippen LogP contribution in [-0.4, -0.2) is 29.9 Å². The largest absolute Gasteiger partial charge is 0.327 e. The third-order valence-electron chi connectivity index (χ3n) is 3.84. The molecule has 8 nitrogen and oxygen atoms in total. The summed E-state index contributed by atoms with van der Waals surface area (Å²) in [5.74, 6) is 0.306. The number of pyridine rings is 2. The number of aryl methyl sites for hydroxylation is 2. The predicted octanol–water partition coefficient (Wildman–Crippen LogP) is 1.75. The Morgan fingerprint density at radius 1 is 0.769 bits per heavy atom. The molecule has 0 aromatic carbocycles. The summed E-state index contributed by atoms with van der Waals surface area (Å²) in [5, 5.41) is 0.180. The Morgan fingerprint density at radius 3 is 2.12 bits per heavy atom. The van der Waals surface area contributed by atoms with Crippen molar-refractivity contribution < 1.29 is 0 Å². The number of hydrogen-bond acceptors (Lipinski definition) is 6. The zero-order valence-electron chi connectivity index (χ0n) is 14.1. The van der Waals surface area contributed by atoms with Crippen LogP contribution in [0.1, 0.15) is 11.4 Å². The van der Waals surface area contributed by atoms with Gasteiger partial charge in [-0.15, -0.1) is 0 Å². The van der Waals surface area contributed by atoms with E-state index in [9.17, 15) is 9.59 Å². The lowest BCUT2D eigenvalue weighted by molar-refractivity contribution is 1.04. The Morgan fingerprint density at radius 2 is 1.42 bits per heavy atom. The lowest BCUT2D eigenvalue weighted by atomic mass is 10.1. The standard InChI is InChI=1S/C18H14N6O2/c1-9-5-3-7-11(19-9)14-13-16(23-18(26)24-17(13)25)22-15(21-14)12-8-4-6-10(2)20-12/h3-8H,1-2H3,(H2,21,22,23,24,25,26). The van der Waals surface area contributed by atoms with Gasteiger partial charge < -0.3 is 0 Å². The molecule has 8 heteroatoms. The van der Waals surface area contributed by atoms with Gasteiger partial charge in [-0.2, -0.15) is 0 Å². The first-order chi connectivity index (χ1) is 12.5. The van der Waals surface area contributed by atoms with Crippen LogP contribution in [0.2, 0.25) is 0 Å². The molecule has 0 spiro atoms. The molecule has 4 aromatic heterocycles. The van der Waals surface area contributed by atoms with Crippen molar-refractivity contribution in [2.24, 2.45) is 0 Å². The Balaban J connectivity index is 2.11. The van der Waals surface area contributed by atoms with Gasteiger partial charge >= 0.3 is 5.69 Å². The molecule has 0 fully saturated rings. The molecule has 128 valence electrons. The van der Waals surface area contributed by atoms with Crippen molar-refractivity contribution in [2.45, 2.75) is 13.8 Å². The molecule has 4 aromatic rings. The fourth-order valence-electron chi connectivity index (χ4n) is 2.71. The summed E-state index contributed by atoms with van der Waals surface area (Å²) in [4.78, 5) is 46.6. The van der Waals surface area contributed by atoms with E-state index in [-0.39, 0.29) is 11.0 Å². The minimum atomic E-state index is -0.632. The van der Waals surface area contributed by atoms with Gasteiger partial charge in [0.1, 0.15) is 16.8 Å². The maximum absolute atomic E-state index is 12.4. The number of rotatable bonds is 2. The van der Waals surface area contributed by atoms with Gasteiger partial charge in [0.25, 0.3) is 5.56 Å². The van der Waals surface area contributed by atoms with Gasteiger partial charge in [0.05, 0.1) is 5.69 Å². The van der Waals surface area contributed by atoms with Crippen molar-refractivity contribution in [1.29, 1.82) is 0 Å². The maximum Gasteiger partial charge on any atom is 0.327 e. The summed E-state index contributed by atoms with van der Waals surface area (Å²) >= 11 is 0. The van der Waals surface area contributed by atoms with Gasteiger partial charge in [-0.1, -0.05) is 12.1 Å². The van der Waals surface area contributed by atoms with E-state index < -0.39 is 11.2 Å². The van der Waals surface area contributed by atoms with Crippen molar-refractivity contribution in [3.05, 3.63) is 68.6 Å². The molecule has 26 heavy (non-hydrogen) atoms. The predicted molar refractivity (Wildman–Crippen MR) is 96.7 cm³/mol. The van der Waals surface area contributed by atoms with E-state index in [1.54, 1.807) is 12.1 Å². The van der Waals surface area contributed by atoms with Crippen molar-refractivity contribution in [2.75, 3.05) is 0 Å². The summed E-state index contributed by atoms with van der Waals surface area (Å²) in [5.41, 5.74) is 1.94. The molecule has 0 unspecified atom stereocenters. The average Bonchev–Trinajstić information content (AvgIpc) is 2.60. The quantitative estimate of drug-likeness (QED) is 0.571. The second-order valence-electron chi connectivity index (χ2n) is 5.86. The van der Waals surface area contributed by atoms with E-state index in [1.165, 1.54) is 0 Å². The van der Waals surface area contributed by atoms with Crippen LogP contribution < -0.4 is 11.2 Å². The monoisotopic (exact) mass is 346 g/mol. The first kappa shape index (κ1) is 15.8. The van der Waals surface area contributed by atoms with E-state index in [0.29, 0.717) is 22.9 Å². The minimum Gasteiger partial charge on any atom is -0.291 e. The van der Waals surface area contributed by atoms with Gasteiger partial charge in [-0.25, -0.2) is 19.7 Å². The fraction of sp³-hybridized carbons (Fsp3) is 0.111. The number of hydrogen-bond donors (Lipinski definition) is 2. The van der Waals surface area contributed by atoms with Gasteiger partial charge in [-0.05, 0) is 38.1 Å². The molecule has 0 saturated carbocycles. The highest BCUT2D eigenvalue weighted by atomic mass is 16.2. The van der Waals surface area contributed by atoms with Crippen LogP contribution in [0.5, 0.6) is 0 Å². The summed E-state index contributed by atoms with van der Waals surface area (Å²) in [6.07, 6.45) is 0. The summed E-state index contributed by atoms with van der Waals surface area (Å²) < 4.78 is 0. The van der Waals surface area contributed by atoms with Crippen LogP contribution >= 0.6 is 0 Å². The van der Waals surface area contributed by atoms with Crippen LogP contribution in [-0.2, 0) is 0 Å². The first-order valence-electron chi connectivity index (χ1n) is 7.94. The van der Waals surface area contributed by atoms with Crippen LogP contribution in [0, 0.1) is 13.8 Å². The summed E-state index contributed by atoms with van der Waals surface area (Å²) in [7, 11) is 0. The SMILES string of the molecule is Cc1cccc(-c2nc(-c3cccc(C)n3)c3c(=O)[nH]c(=O)[nH]c3n2)n1. The molecule has 0 aliphatic rings. The highest BCUT2D eigenvalue weighted by Crippen LogP contribution is 2.24. The van der Waals surface area contributed by atoms with E-state index >= 15 is 0 Å². The number of nitrogens with zero attached hydrogens (tertiary/aromatic N) is 4. The first-order valence-corrected chi connectivity index (χ1v) is 7.94. The average molecular weight is 346 g/mol. The molecular formula is C18H14N6O2. The van der Waals surface area contributed by atoms with Crippen molar-refractivity contribution in [3.8, 4) is 22.9 Å². The highest BCUT2D eigenvalue weighted by molar-refractivity contribution is 5.89. The molecule has 0 saturated heterocycles. The normalized spacial score (nSPS) is 11.0. The lowest BCUT2D eigenvalue weighted by Gasteiger charge is -2.08. The second-order valence-corrected chi connectivity index (χ2v) is 5.86. The van der Waals surface area contributed by atoms with Crippen LogP contribution in [0.25, 0.3) is 33.9 Å². The Kier molecular flexibility index (Phi) is 3.65. The van der Waals surface area contributed by atoms with E-state index in [4.69, 9.17) is 0 Å². The Bertz CT molecular complexity index is 1260. The molecule has 0 aliphatic carbocycles. The van der Waals surface area contributed by atoms with Crippen molar-refractivity contribution >= 4 is 11.0 Å². The molecule has 0 bridgehead atoms. The third kappa shape index (κ3) is 2.77. The Labute approximate surface area is 147 Å². The van der Waals surface area contributed by atoms with Crippen molar-refractivity contribution in [1.82, 2.24) is 29.9 Å². The number of fused-ring (bicyclic) bond motifs is 1. The second kappa shape index (κ2) is 5.99. The number of aromatic nitrogens is 6. The summed E-state index contributed by atoms with van der Waals surface area (Å²) in [6.45, 7) is 3.71. The fourth-order valence-corrected chi connectivity index (χ4v) is 2.71. The highest BCUT2D eigenvalue weighted by Gasteiger charge is 2.17. The van der Waals surface area contributed by atoms with E-state index in [2.05, 4.69) is 29.9 Å². The van der Waals surface area contributed by atoms with Gasteiger partial charge in [0.15, 0.2) is 11.5 Å². The number of nitrogens with one attached hydrogen (secondary N) is 2. The molecule has 4 rings (SSSR count). The summed E-state index contributed by atoms with van der Waals surface area (Å²) in [6, 6.07) is 10.9. The molecule has 0 amide bonds. The van der Waals surface area contributed by atoms with Gasteiger partial charge in [0.2, 0.25) is 0 Å². The van der Waals surface area contributed by atoms with Crippen LogP contribution in [0.3, 0.4) is 0 Å². The zero-order valence-corrected chi connectivity index (χ0v) is 14.1. The number of H-pyrrole nitrogens is 2. The Hall–Kier alpha value is -3.68.